The molecule has 0 aliphatic heterocycles. The number of methoxy groups -OCH3 is 1. The van der Waals surface area contributed by atoms with Crippen molar-refractivity contribution in [3.8, 4) is 0 Å². The molecule has 0 aromatic heterocycles. The van der Waals surface area contributed by atoms with Crippen molar-refractivity contribution in [2.24, 2.45) is 0 Å². The summed E-state index contributed by atoms with van der Waals surface area (Å²) in [6, 6.07) is 0. The molecule has 0 fully saturated rings. The average Bonchev–Trinajstić information content (AvgIpc) is 2.35. The lowest BCUT2D eigenvalue weighted by molar-refractivity contribution is -0.149. The van der Waals surface area contributed by atoms with Crippen LogP contribution in [-0.2, 0) is 19.1 Å². The van der Waals surface area contributed by atoms with Gasteiger partial charge in [-0.3, -0.25) is 9.59 Å². The van der Waals surface area contributed by atoms with Gasteiger partial charge in [-0.05, 0) is 6.42 Å². The predicted molar refractivity (Wildman–Crippen MR) is 70.5 cm³/mol. The molecule has 0 saturated carbocycles. The van der Waals surface area contributed by atoms with Crippen molar-refractivity contribution in [1.82, 2.24) is 0 Å². The van der Waals surface area contributed by atoms with Crippen LogP contribution in [0.5, 0.6) is 0 Å². The highest BCUT2D eigenvalue weighted by atomic mass is 16.5. The van der Waals surface area contributed by atoms with Gasteiger partial charge in [0.25, 0.3) is 0 Å². The van der Waals surface area contributed by atoms with E-state index in [9.17, 15) is 9.59 Å². The van der Waals surface area contributed by atoms with Crippen LogP contribution in [0, 0.1) is 0 Å². The van der Waals surface area contributed by atoms with E-state index in [4.69, 9.17) is 4.74 Å². The molecule has 0 aromatic rings. The highest BCUT2D eigenvalue weighted by Crippen LogP contribution is 2.08. The molecule has 0 bridgehead atoms. The molecule has 0 rings (SSSR count). The van der Waals surface area contributed by atoms with Crippen molar-refractivity contribution in [2.75, 3.05) is 20.3 Å². The molecule has 106 valence electrons. The van der Waals surface area contributed by atoms with Gasteiger partial charge in [-0.1, -0.05) is 45.4 Å². The first-order chi connectivity index (χ1) is 8.70. The maximum absolute atomic E-state index is 11.3. The Morgan fingerprint density at radius 1 is 0.889 bits per heavy atom. The number of rotatable bonds is 12. The second-order valence-electron chi connectivity index (χ2n) is 4.50. The van der Waals surface area contributed by atoms with E-state index >= 15 is 0 Å². The van der Waals surface area contributed by atoms with Crippen LogP contribution in [0.3, 0.4) is 0 Å². The number of ether oxygens (including phenoxy) is 2. The summed E-state index contributed by atoms with van der Waals surface area (Å²) in [6.45, 7) is 2.04. The summed E-state index contributed by atoms with van der Waals surface area (Å²) in [6.07, 6.45) is 8.57. The Morgan fingerprint density at radius 2 is 1.50 bits per heavy atom. The molecule has 0 aliphatic carbocycles. The highest BCUT2D eigenvalue weighted by molar-refractivity contribution is 5.83. The summed E-state index contributed by atoms with van der Waals surface area (Å²) in [5, 5.41) is 0. The van der Waals surface area contributed by atoms with Crippen LogP contribution < -0.4 is 0 Å². The van der Waals surface area contributed by atoms with Crippen molar-refractivity contribution in [1.29, 1.82) is 0 Å². The molecule has 0 amide bonds. The third kappa shape index (κ3) is 11.6. The summed E-state index contributed by atoms with van der Waals surface area (Å²) in [5.74, 6) is -0.488. The van der Waals surface area contributed by atoms with E-state index in [1.54, 1.807) is 0 Å². The molecule has 0 saturated heterocycles. The van der Waals surface area contributed by atoms with Gasteiger partial charge in [0.05, 0.1) is 0 Å². The monoisotopic (exact) mass is 258 g/mol. The molecule has 0 radical (unpaired) electrons. The van der Waals surface area contributed by atoms with E-state index in [0.29, 0.717) is 6.42 Å². The Balaban J connectivity index is 3.29. The fourth-order valence-electron chi connectivity index (χ4n) is 1.66. The SMILES string of the molecule is CCCCCCCCCC(=O)OCC(=O)COC. The minimum Gasteiger partial charge on any atom is -0.458 e. The Hall–Kier alpha value is -0.900. The molecular formula is C14H26O4. The van der Waals surface area contributed by atoms with Crippen LogP contribution in [-0.4, -0.2) is 32.1 Å². The van der Waals surface area contributed by atoms with Crippen molar-refractivity contribution >= 4 is 11.8 Å². The van der Waals surface area contributed by atoms with Gasteiger partial charge in [0, 0.05) is 13.5 Å². The molecule has 0 N–H and O–H groups in total. The first kappa shape index (κ1) is 17.1. The number of hydrogen-bond acceptors (Lipinski definition) is 4. The fourth-order valence-corrected chi connectivity index (χ4v) is 1.66. The summed E-state index contributed by atoms with van der Waals surface area (Å²) in [7, 11) is 1.44. The number of unbranched alkanes of at least 4 members (excludes halogenated alkanes) is 6. The van der Waals surface area contributed by atoms with Crippen LogP contribution in [0.25, 0.3) is 0 Å². The van der Waals surface area contributed by atoms with E-state index in [-0.39, 0.29) is 25.0 Å². The third-order valence-corrected chi connectivity index (χ3v) is 2.68. The van der Waals surface area contributed by atoms with Crippen molar-refractivity contribution in [3.05, 3.63) is 0 Å². The molecule has 0 unspecified atom stereocenters. The highest BCUT2D eigenvalue weighted by Gasteiger charge is 2.06. The first-order valence-electron chi connectivity index (χ1n) is 6.87. The standard InChI is InChI=1S/C14H26O4/c1-3-4-5-6-7-8-9-10-14(16)18-12-13(15)11-17-2/h3-12H2,1-2H3. The average molecular weight is 258 g/mol. The smallest absolute Gasteiger partial charge is 0.306 e. The molecule has 0 atom stereocenters. The lowest BCUT2D eigenvalue weighted by Gasteiger charge is -2.04. The van der Waals surface area contributed by atoms with Crippen LogP contribution in [0.1, 0.15) is 58.3 Å². The number of carbonyl (C=O) groups is 2. The van der Waals surface area contributed by atoms with E-state index in [0.717, 1.165) is 12.8 Å². The molecular weight excluding hydrogens is 232 g/mol. The molecule has 0 spiro atoms. The fraction of sp³-hybridized carbons (Fsp3) is 0.857. The zero-order valence-electron chi connectivity index (χ0n) is 11.7. The maximum atomic E-state index is 11.3. The van der Waals surface area contributed by atoms with Gasteiger partial charge >= 0.3 is 5.97 Å². The minimum atomic E-state index is -0.284. The lowest BCUT2D eigenvalue weighted by Crippen LogP contribution is -2.17. The van der Waals surface area contributed by atoms with Crippen LogP contribution in [0.4, 0.5) is 0 Å². The van der Waals surface area contributed by atoms with Crippen LogP contribution >= 0.6 is 0 Å². The molecule has 4 nitrogen and oxygen atoms in total. The molecule has 0 aliphatic rings. The third-order valence-electron chi connectivity index (χ3n) is 2.68. The lowest BCUT2D eigenvalue weighted by atomic mass is 10.1. The quantitative estimate of drug-likeness (QED) is 0.399. The van der Waals surface area contributed by atoms with Gasteiger partial charge in [-0.25, -0.2) is 0 Å². The van der Waals surface area contributed by atoms with E-state index < -0.39 is 0 Å². The number of carbonyl (C=O) groups excluding carboxylic acids is 2. The Morgan fingerprint density at radius 3 is 2.11 bits per heavy atom. The number of hydrogen-bond donors (Lipinski definition) is 0. The van der Waals surface area contributed by atoms with Gasteiger partial charge in [-0.15, -0.1) is 0 Å². The number of Topliss-reactive ketones (excluding diaryl/α,β-unsaturated/α-hetero) is 1. The Kier molecular flexibility index (Phi) is 11.9. The van der Waals surface area contributed by atoms with Gasteiger partial charge in [0.15, 0.2) is 12.4 Å². The molecule has 4 heteroatoms. The second kappa shape index (κ2) is 12.6. The van der Waals surface area contributed by atoms with Gasteiger partial charge < -0.3 is 9.47 Å². The van der Waals surface area contributed by atoms with Crippen molar-refractivity contribution in [2.45, 2.75) is 58.3 Å². The normalized spacial score (nSPS) is 10.3. The van der Waals surface area contributed by atoms with E-state index in [1.165, 1.54) is 39.2 Å². The summed E-state index contributed by atoms with van der Waals surface area (Å²) in [4.78, 5) is 22.3. The maximum Gasteiger partial charge on any atom is 0.306 e. The Bertz CT molecular complexity index is 226. The van der Waals surface area contributed by atoms with E-state index in [2.05, 4.69) is 11.7 Å². The number of esters is 1. The zero-order valence-corrected chi connectivity index (χ0v) is 11.7. The van der Waals surface area contributed by atoms with Gasteiger partial charge in [0.1, 0.15) is 6.61 Å². The van der Waals surface area contributed by atoms with Crippen LogP contribution in [0.2, 0.25) is 0 Å². The Labute approximate surface area is 110 Å². The molecule has 0 aromatic carbocycles. The van der Waals surface area contributed by atoms with Gasteiger partial charge in [0.2, 0.25) is 0 Å². The second-order valence-corrected chi connectivity index (χ2v) is 4.50. The van der Waals surface area contributed by atoms with Crippen LogP contribution in [0.15, 0.2) is 0 Å². The summed E-state index contributed by atoms with van der Waals surface area (Å²) < 4.78 is 9.47. The number of ketones is 1. The largest absolute Gasteiger partial charge is 0.458 e. The topological polar surface area (TPSA) is 52.6 Å². The minimum absolute atomic E-state index is 0.00467. The molecule has 18 heavy (non-hydrogen) atoms. The summed E-state index contributed by atoms with van der Waals surface area (Å²) in [5.41, 5.74) is 0. The zero-order chi connectivity index (χ0) is 13.6. The summed E-state index contributed by atoms with van der Waals surface area (Å²) >= 11 is 0. The predicted octanol–water partition coefficient (Wildman–Crippen LogP) is 2.89. The van der Waals surface area contributed by atoms with Crippen molar-refractivity contribution in [3.63, 3.8) is 0 Å². The molecule has 0 heterocycles. The first-order valence-corrected chi connectivity index (χ1v) is 6.87. The van der Waals surface area contributed by atoms with E-state index in [1.807, 2.05) is 0 Å². The van der Waals surface area contributed by atoms with Crippen molar-refractivity contribution < 1.29 is 19.1 Å². The van der Waals surface area contributed by atoms with Gasteiger partial charge in [-0.2, -0.15) is 0 Å².